The van der Waals surface area contributed by atoms with E-state index >= 15 is 0 Å². The van der Waals surface area contributed by atoms with Crippen LogP contribution >= 0.6 is 0 Å². The number of Topliss-reactive ketones (excluding diaryl/α,β-unsaturated/α-hetero) is 1. The number of allylic oxidation sites excluding steroid dienone is 2. The molecule has 0 bridgehead atoms. The van der Waals surface area contributed by atoms with E-state index in [0.717, 1.165) is 12.0 Å². The van der Waals surface area contributed by atoms with Crippen molar-refractivity contribution in [1.29, 1.82) is 0 Å². The molecule has 0 amide bonds. The molecule has 0 aromatic rings. The Labute approximate surface area is 63.1 Å². The van der Waals surface area contributed by atoms with Gasteiger partial charge in [-0.1, -0.05) is 26.8 Å². The van der Waals surface area contributed by atoms with E-state index in [-0.39, 0.29) is 11.7 Å². The molecule has 0 radical (unpaired) electrons. The van der Waals surface area contributed by atoms with Gasteiger partial charge in [-0.25, -0.2) is 0 Å². The van der Waals surface area contributed by atoms with Crippen molar-refractivity contribution in [3.63, 3.8) is 0 Å². The van der Waals surface area contributed by atoms with E-state index in [9.17, 15) is 4.79 Å². The van der Waals surface area contributed by atoms with Crippen LogP contribution in [0.15, 0.2) is 11.6 Å². The second kappa shape index (κ2) is 4.26. The van der Waals surface area contributed by atoms with E-state index < -0.39 is 0 Å². The molecule has 1 heteroatoms. The largest absolute Gasteiger partial charge is 0.294 e. The highest BCUT2D eigenvalue weighted by molar-refractivity contribution is 5.96. The third-order valence-corrected chi connectivity index (χ3v) is 1.57. The van der Waals surface area contributed by atoms with Crippen LogP contribution in [0.4, 0.5) is 0 Å². The molecule has 0 saturated heterocycles. The van der Waals surface area contributed by atoms with Crippen LogP contribution in [-0.4, -0.2) is 5.78 Å². The maximum atomic E-state index is 11.2. The molecule has 0 aliphatic heterocycles. The van der Waals surface area contributed by atoms with Crippen molar-refractivity contribution in [2.75, 3.05) is 0 Å². The molecule has 0 aliphatic carbocycles. The topological polar surface area (TPSA) is 17.1 Å². The van der Waals surface area contributed by atoms with Gasteiger partial charge in [-0.05, 0) is 18.9 Å². The van der Waals surface area contributed by atoms with E-state index in [2.05, 4.69) is 0 Å². The van der Waals surface area contributed by atoms with Gasteiger partial charge in [0, 0.05) is 5.92 Å². The lowest BCUT2D eigenvalue weighted by atomic mass is 9.99. The van der Waals surface area contributed by atoms with Crippen LogP contribution < -0.4 is 0 Å². The molecule has 0 spiro atoms. The summed E-state index contributed by atoms with van der Waals surface area (Å²) in [7, 11) is 0. The van der Waals surface area contributed by atoms with Gasteiger partial charge in [0.1, 0.15) is 0 Å². The third kappa shape index (κ3) is 2.34. The Balaban J connectivity index is 4.18. The molecule has 10 heavy (non-hydrogen) atoms. The molecule has 0 N–H and O–H groups in total. The van der Waals surface area contributed by atoms with E-state index in [1.807, 2.05) is 33.8 Å². The number of rotatable bonds is 3. The minimum atomic E-state index is 0.145. The van der Waals surface area contributed by atoms with Crippen molar-refractivity contribution in [1.82, 2.24) is 0 Å². The van der Waals surface area contributed by atoms with Gasteiger partial charge in [0.05, 0.1) is 0 Å². The third-order valence-electron chi connectivity index (χ3n) is 1.57. The molecule has 58 valence electrons. The maximum Gasteiger partial charge on any atom is 0.161 e. The summed E-state index contributed by atoms with van der Waals surface area (Å²) in [5.41, 5.74) is 0.954. The Morgan fingerprint density at radius 3 is 2.10 bits per heavy atom. The van der Waals surface area contributed by atoms with Crippen molar-refractivity contribution in [2.45, 2.75) is 34.1 Å². The Bertz CT molecular complexity index is 143. The minimum Gasteiger partial charge on any atom is -0.294 e. The molecule has 0 saturated carbocycles. The summed E-state index contributed by atoms with van der Waals surface area (Å²) in [6.07, 6.45) is 2.76. The van der Waals surface area contributed by atoms with Gasteiger partial charge in [0.25, 0.3) is 0 Å². The van der Waals surface area contributed by atoms with Gasteiger partial charge in [-0.15, -0.1) is 0 Å². The predicted molar refractivity (Wildman–Crippen MR) is 43.9 cm³/mol. The smallest absolute Gasteiger partial charge is 0.161 e. The molecule has 0 fully saturated rings. The second-order valence-corrected chi connectivity index (χ2v) is 2.69. The van der Waals surface area contributed by atoms with E-state index in [1.54, 1.807) is 0 Å². The average molecular weight is 140 g/mol. The van der Waals surface area contributed by atoms with Crippen molar-refractivity contribution < 1.29 is 4.79 Å². The minimum absolute atomic E-state index is 0.145. The highest BCUT2D eigenvalue weighted by Gasteiger charge is 2.09. The first-order valence-corrected chi connectivity index (χ1v) is 3.82. The van der Waals surface area contributed by atoms with E-state index in [0.29, 0.717) is 0 Å². The van der Waals surface area contributed by atoms with Crippen molar-refractivity contribution in [2.24, 2.45) is 5.92 Å². The second-order valence-electron chi connectivity index (χ2n) is 2.69. The summed E-state index contributed by atoms with van der Waals surface area (Å²) in [4.78, 5) is 11.2. The maximum absolute atomic E-state index is 11.2. The zero-order valence-electron chi connectivity index (χ0n) is 7.27. The van der Waals surface area contributed by atoms with E-state index in [1.165, 1.54) is 0 Å². The van der Waals surface area contributed by atoms with Gasteiger partial charge >= 0.3 is 0 Å². The number of hydrogen-bond donors (Lipinski definition) is 0. The number of hydrogen-bond acceptors (Lipinski definition) is 1. The van der Waals surface area contributed by atoms with Crippen molar-refractivity contribution in [3.8, 4) is 0 Å². The molecule has 0 aliphatic rings. The van der Waals surface area contributed by atoms with Crippen molar-refractivity contribution >= 4 is 5.78 Å². The highest BCUT2D eigenvalue weighted by Crippen LogP contribution is 2.08. The SMILES string of the molecule is C/C=C(\CC)C(=O)C(C)C. The first-order chi connectivity index (χ1) is 4.63. The van der Waals surface area contributed by atoms with E-state index in [4.69, 9.17) is 0 Å². The normalized spacial score (nSPS) is 12.3. The molecule has 0 rings (SSSR count). The fraction of sp³-hybridized carbons (Fsp3) is 0.667. The quantitative estimate of drug-likeness (QED) is 0.551. The summed E-state index contributed by atoms with van der Waals surface area (Å²) in [6.45, 7) is 7.79. The van der Waals surface area contributed by atoms with Crippen LogP contribution in [0.1, 0.15) is 34.1 Å². The van der Waals surface area contributed by atoms with Gasteiger partial charge in [-0.2, -0.15) is 0 Å². The molecular formula is C9H16O. The van der Waals surface area contributed by atoms with Gasteiger partial charge in [0.2, 0.25) is 0 Å². The first kappa shape index (κ1) is 9.41. The lowest BCUT2D eigenvalue weighted by Crippen LogP contribution is -2.09. The monoisotopic (exact) mass is 140 g/mol. The summed E-state index contributed by atoms with van der Waals surface area (Å²) in [5.74, 6) is 0.427. The fourth-order valence-electron chi connectivity index (χ4n) is 0.891. The summed E-state index contributed by atoms with van der Waals surface area (Å²) in [6, 6.07) is 0. The van der Waals surface area contributed by atoms with Gasteiger partial charge in [-0.3, -0.25) is 4.79 Å². The number of carbonyl (C=O) groups excluding carboxylic acids is 1. The average Bonchev–Trinajstić information content (AvgIpc) is 1.90. The van der Waals surface area contributed by atoms with Crippen LogP contribution in [0.5, 0.6) is 0 Å². The molecule has 0 atom stereocenters. The van der Waals surface area contributed by atoms with Gasteiger partial charge in [0.15, 0.2) is 5.78 Å². The zero-order chi connectivity index (χ0) is 8.15. The van der Waals surface area contributed by atoms with Crippen LogP contribution in [0.3, 0.4) is 0 Å². The molecule has 0 aromatic heterocycles. The fourth-order valence-corrected chi connectivity index (χ4v) is 0.891. The Kier molecular flexibility index (Phi) is 4.01. The van der Waals surface area contributed by atoms with Crippen LogP contribution in [0.25, 0.3) is 0 Å². The zero-order valence-corrected chi connectivity index (χ0v) is 7.27. The summed E-state index contributed by atoms with van der Waals surface area (Å²) >= 11 is 0. The number of ketones is 1. The Morgan fingerprint density at radius 1 is 1.50 bits per heavy atom. The summed E-state index contributed by atoms with van der Waals surface area (Å²) in [5, 5.41) is 0. The lowest BCUT2D eigenvalue weighted by molar-refractivity contribution is -0.118. The molecule has 0 aromatic carbocycles. The predicted octanol–water partition coefficient (Wildman–Crippen LogP) is 2.57. The van der Waals surface area contributed by atoms with Gasteiger partial charge < -0.3 is 0 Å². The molecule has 0 heterocycles. The standard InChI is InChI=1S/C9H16O/c1-5-8(6-2)9(10)7(3)4/h5,7H,6H2,1-4H3/b8-5+. The molecule has 0 unspecified atom stereocenters. The summed E-state index contributed by atoms with van der Waals surface area (Å²) < 4.78 is 0. The van der Waals surface area contributed by atoms with Crippen LogP contribution in [0.2, 0.25) is 0 Å². The lowest BCUT2D eigenvalue weighted by Gasteiger charge is -2.04. The number of carbonyl (C=O) groups is 1. The molecular weight excluding hydrogens is 124 g/mol. The first-order valence-electron chi connectivity index (χ1n) is 3.82. The Hall–Kier alpha value is -0.590. The van der Waals surface area contributed by atoms with Crippen molar-refractivity contribution in [3.05, 3.63) is 11.6 Å². The van der Waals surface area contributed by atoms with Crippen LogP contribution in [0, 0.1) is 5.92 Å². The Morgan fingerprint density at radius 2 is 2.00 bits per heavy atom. The highest BCUT2D eigenvalue weighted by atomic mass is 16.1. The van der Waals surface area contributed by atoms with Crippen LogP contribution in [-0.2, 0) is 4.79 Å². The molecule has 1 nitrogen and oxygen atoms in total.